The minimum absolute atomic E-state index is 0.00639. The molecule has 0 amide bonds. The summed E-state index contributed by atoms with van der Waals surface area (Å²) in [5, 5.41) is 9.07. The van der Waals surface area contributed by atoms with Gasteiger partial charge in [-0.25, -0.2) is 9.18 Å². The maximum absolute atomic E-state index is 13.8. The van der Waals surface area contributed by atoms with Gasteiger partial charge in [0.05, 0.1) is 17.9 Å². The molecular formula is C12H14FNO3. The summed E-state index contributed by atoms with van der Waals surface area (Å²) in [6.07, 6.45) is 0.771. The van der Waals surface area contributed by atoms with E-state index in [0.29, 0.717) is 26.3 Å². The van der Waals surface area contributed by atoms with Crippen molar-refractivity contribution in [3.63, 3.8) is 0 Å². The maximum atomic E-state index is 13.8. The van der Waals surface area contributed by atoms with Crippen molar-refractivity contribution >= 4 is 11.7 Å². The zero-order valence-electron chi connectivity index (χ0n) is 9.36. The highest BCUT2D eigenvalue weighted by Crippen LogP contribution is 2.25. The van der Waals surface area contributed by atoms with Gasteiger partial charge in [0.1, 0.15) is 5.82 Å². The van der Waals surface area contributed by atoms with Crippen LogP contribution in [0.5, 0.6) is 0 Å². The second-order valence-electron chi connectivity index (χ2n) is 3.89. The van der Waals surface area contributed by atoms with Crippen LogP contribution in [0.15, 0.2) is 18.2 Å². The second-order valence-corrected chi connectivity index (χ2v) is 3.89. The number of benzene rings is 1. The van der Waals surface area contributed by atoms with E-state index < -0.39 is 11.8 Å². The maximum Gasteiger partial charge on any atom is 0.337 e. The largest absolute Gasteiger partial charge is 0.478 e. The molecule has 0 spiro atoms. The van der Waals surface area contributed by atoms with Gasteiger partial charge in [-0.05, 0) is 18.6 Å². The molecule has 0 atom stereocenters. The number of carboxylic acid groups (broad SMARTS) is 1. The lowest BCUT2D eigenvalue weighted by atomic mass is 10.1. The van der Waals surface area contributed by atoms with E-state index >= 15 is 0 Å². The number of anilines is 1. The van der Waals surface area contributed by atoms with Crippen molar-refractivity contribution in [1.82, 2.24) is 0 Å². The Bertz CT molecular complexity index is 414. The zero-order valence-corrected chi connectivity index (χ0v) is 9.36. The van der Waals surface area contributed by atoms with Crippen LogP contribution in [0.1, 0.15) is 16.8 Å². The standard InChI is InChI=1S/C12H14FNO3/c13-10-4-1-3-9(12(15)16)11(10)14-5-2-7-17-8-6-14/h1,3-4H,2,5-8H2,(H,15,16). The number of rotatable bonds is 2. The summed E-state index contributed by atoms with van der Waals surface area (Å²) >= 11 is 0. The van der Waals surface area contributed by atoms with Crippen molar-refractivity contribution in [2.75, 3.05) is 31.2 Å². The minimum atomic E-state index is -1.11. The lowest BCUT2D eigenvalue weighted by Gasteiger charge is -2.24. The molecule has 1 aliphatic heterocycles. The van der Waals surface area contributed by atoms with Crippen molar-refractivity contribution in [2.45, 2.75) is 6.42 Å². The molecule has 0 aromatic heterocycles. The van der Waals surface area contributed by atoms with Crippen molar-refractivity contribution in [3.8, 4) is 0 Å². The normalized spacial score (nSPS) is 16.6. The molecule has 1 aliphatic rings. The van der Waals surface area contributed by atoms with E-state index in [2.05, 4.69) is 0 Å². The number of nitrogens with zero attached hydrogens (tertiary/aromatic N) is 1. The molecule has 5 heteroatoms. The van der Waals surface area contributed by atoms with Gasteiger partial charge in [0, 0.05) is 19.7 Å². The quantitative estimate of drug-likeness (QED) is 0.854. The van der Waals surface area contributed by atoms with Gasteiger partial charge in [-0.3, -0.25) is 0 Å². The molecule has 0 aliphatic carbocycles. The molecule has 0 unspecified atom stereocenters. The third kappa shape index (κ3) is 2.55. The Morgan fingerprint density at radius 3 is 2.94 bits per heavy atom. The van der Waals surface area contributed by atoms with Crippen LogP contribution in [0.3, 0.4) is 0 Å². The Hall–Kier alpha value is -1.62. The molecule has 2 rings (SSSR count). The van der Waals surface area contributed by atoms with Gasteiger partial charge in [0.15, 0.2) is 0 Å². The fraction of sp³-hybridized carbons (Fsp3) is 0.417. The summed E-state index contributed by atoms with van der Waals surface area (Å²) in [5.41, 5.74) is 0.178. The van der Waals surface area contributed by atoms with Crippen molar-refractivity contribution in [1.29, 1.82) is 0 Å². The Morgan fingerprint density at radius 2 is 2.18 bits per heavy atom. The van der Waals surface area contributed by atoms with E-state index in [1.165, 1.54) is 18.2 Å². The van der Waals surface area contributed by atoms with Gasteiger partial charge in [0.2, 0.25) is 0 Å². The second kappa shape index (κ2) is 5.14. The molecule has 17 heavy (non-hydrogen) atoms. The lowest BCUT2D eigenvalue weighted by molar-refractivity contribution is 0.0697. The van der Waals surface area contributed by atoms with Crippen LogP contribution >= 0.6 is 0 Å². The first kappa shape index (κ1) is 11.9. The summed E-state index contributed by atoms with van der Waals surface area (Å²) < 4.78 is 19.1. The summed E-state index contributed by atoms with van der Waals surface area (Å²) in [4.78, 5) is 12.8. The predicted molar refractivity (Wildman–Crippen MR) is 61.0 cm³/mol. The third-order valence-electron chi connectivity index (χ3n) is 2.76. The number of hydrogen-bond acceptors (Lipinski definition) is 3. The van der Waals surface area contributed by atoms with Crippen LogP contribution in [0.4, 0.5) is 10.1 Å². The van der Waals surface area contributed by atoms with Crippen molar-refractivity contribution < 1.29 is 19.0 Å². The first-order valence-electron chi connectivity index (χ1n) is 5.54. The summed E-state index contributed by atoms with van der Waals surface area (Å²) in [7, 11) is 0. The average molecular weight is 239 g/mol. The summed E-state index contributed by atoms with van der Waals surface area (Å²) in [6.45, 7) is 2.25. The molecule has 1 fully saturated rings. The van der Waals surface area contributed by atoms with Gasteiger partial charge < -0.3 is 14.7 Å². The average Bonchev–Trinajstić information content (AvgIpc) is 2.57. The predicted octanol–water partition coefficient (Wildman–Crippen LogP) is 1.75. The molecule has 1 aromatic carbocycles. The third-order valence-corrected chi connectivity index (χ3v) is 2.76. The fourth-order valence-electron chi connectivity index (χ4n) is 1.98. The molecule has 4 nitrogen and oxygen atoms in total. The molecular weight excluding hydrogens is 225 g/mol. The van der Waals surface area contributed by atoms with Crippen LogP contribution in [0.25, 0.3) is 0 Å². The summed E-state index contributed by atoms with van der Waals surface area (Å²) in [5.74, 6) is -1.60. The number of carbonyl (C=O) groups is 1. The van der Waals surface area contributed by atoms with Crippen molar-refractivity contribution in [2.24, 2.45) is 0 Å². The lowest BCUT2D eigenvalue weighted by Crippen LogP contribution is -2.28. The van der Waals surface area contributed by atoms with Crippen LogP contribution in [0, 0.1) is 5.82 Å². The van der Waals surface area contributed by atoms with Crippen LogP contribution in [0.2, 0.25) is 0 Å². The molecule has 0 radical (unpaired) electrons. The number of hydrogen-bond donors (Lipinski definition) is 1. The van der Waals surface area contributed by atoms with Crippen LogP contribution < -0.4 is 4.90 Å². The zero-order chi connectivity index (χ0) is 12.3. The number of carboxylic acids is 1. The number of ether oxygens (including phenoxy) is 1. The van der Waals surface area contributed by atoms with Gasteiger partial charge in [-0.1, -0.05) is 6.07 Å². The fourth-order valence-corrected chi connectivity index (χ4v) is 1.98. The molecule has 1 aromatic rings. The molecule has 1 N–H and O–H groups in total. The monoisotopic (exact) mass is 239 g/mol. The van der Waals surface area contributed by atoms with E-state index in [1.54, 1.807) is 4.90 Å². The Balaban J connectivity index is 2.37. The van der Waals surface area contributed by atoms with E-state index in [-0.39, 0.29) is 11.3 Å². The van der Waals surface area contributed by atoms with E-state index in [4.69, 9.17) is 9.84 Å². The minimum Gasteiger partial charge on any atom is -0.478 e. The van der Waals surface area contributed by atoms with Crippen molar-refractivity contribution in [3.05, 3.63) is 29.6 Å². The smallest absolute Gasteiger partial charge is 0.337 e. The highest BCUT2D eigenvalue weighted by molar-refractivity contribution is 5.94. The Labute approximate surface area is 98.6 Å². The van der Waals surface area contributed by atoms with E-state index in [1.807, 2.05) is 0 Å². The number of aromatic carboxylic acids is 1. The Morgan fingerprint density at radius 1 is 1.35 bits per heavy atom. The molecule has 0 saturated carbocycles. The first-order valence-corrected chi connectivity index (χ1v) is 5.54. The number of halogens is 1. The SMILES string of the molecule is O=C(O)c1cccc(F)c1N1CCCOCC1. The first-order chi connectivity index (χ1) is 8.20. The molecule has 92 valence electrons. The van der Waals surface area contributed by atoms with Gasteiger partial charge in [-0.15, -0.1) is 0 Å². The molecule has 1 heterocycles. The topological polar surface area (TPSA) is 49.8 Å². The Kier molecular flexibility index (Phi) is 3.58. The highest BCUT2D eigenvalue weighted by Gasteiger charge is 2.20. The van der Waals surface area contributed by atoms with Gasteiger partial charge in [-0.2, -0.15) is 0 Å². The highest BCUT2D eigenvalue weighted by atomic mass is 19.1. The van der Waals surface area contributed by atoms with E-state index in [0.717, 1.165) is 6.42 Å². The molecule has 0 bridgehead atoms. The summed E-state index contributed by atoms with van der Waals surface area (Å²) in [6, 6.07) is 4.12. The number of para-hydroxylation sites is 1. The van der Waals surface area contributed by atoms with Crippen LogP contribution in [-0.2, 0) is 4.74 Å². The van der Waals surface area contributed by atoms with Gasteiger partial charge in [0.25, 0.3) is 0 Å². The van der Waals surface area contributed by atoms with E-state index in [9.17, 15) is 9.18 Å². The molecule has 1 saturated heterocycles. The van der Waals surface area contributed by atoms with Gasteiger partial charge >= 0.3 is 5.97 Å². The van der Waals surface area contributed by atoms with Crippen LogP contribution in [-0.4, -0.2) is 37.4 Å².